The van der Waals surface area contributed by atoms with E-state index in [9.17, 15) is 4.79 Å². The van der Waals surface area contributed by atoms with Gasteiger partial charge in [0.05, 0.1) is 6.10 Å². The highest BCUT2D eigenvalue weighted by Gasteiger charge is 2.31. The maximum atomic E-state index is 12.0. The van der Waals surface area contributed by atoms with Gasteiger partial charge in [-0.2, -0.15) is 0 Å². The zero-order valence-corrected chi connectivity index (χ0v) is 12.3. The molecule has 0 bridgehead atoms. The summed E-state index contributed by atoms with van der Waals surface area (Å²) >= 11 is 0. The Morgan fingerprint density at radius 2 is 1.79 bits per heavy atom. The predicted octanol–water partition coefficient (Wildman–Crippen LogP) is 1.84. The van der Waals surface area contributed by atoms with Crippen LogP contribution in [0.25, 0.3) is 0 Å². The second-order valence-corrected chi connectivity index (χ2v) is 6.02. The van der Waals surface area contributed by atoms with Crippen LogP contribution in [0.3, 0.4) is 0 Å². The number of carbonyl (C=O) groups is 1. The van der Waals surface area contributed by atoms with Gasteiger partial charge in [-0.15, -0.1) is 0 Å². The lowest BCUT2D eigenvalue weighted by Crippen LogP contribution is -2.43. The first-order valence-electron chi connectivity index (χ1n) is 7.79. The molecule has 4 heteroatoms. The quantitative estimate of drug-likeness (QED) is 0.773. The highest BCUT2D eigenvalue weighted by Crippen LogP contribution is 2.32. The summed E-state index contributed by atoms with van der Waals surface area (Å²) in [6, 6.07) is 1.05. The van der Waals surface area contributed by atoms with Gasteiger partial charge < -0.3 is 15.4 Å². The number of amides is 1. The summed E-state index contributed by atoms with van der Waals surface area (Å²) in [6.45, 7) is 2.82. The molecule has 2 aliphatic carbocycles. The van der Waals surface area contributed by atoms with Gasteiger partial charge in [-0.25, -0.2) is 0 Å². The second kappa shape index (κ2) is 7.25. The molecule has 2 saturated carbocycles. The lowest BCUT2D eigenvalue weighted by molar-refractivity contribution is -0.125. The normalized spacial score (nSPS) is 34.6. The molecule has 0 radical (unpaired) electrons. The van der Waals surface area contributed by atoms with E-state index in [1.165, 1.54) is 12.8 Å². The Balaban J connectivity index is 1.58. The second-order valence-electron chi connectivity index (χ2n) is 6.02. The summed E-state index contributed by atoms with van der Waals surface area (Å²) < 4.78 is 5.53. The lowest BCUT2D eigenvalue weighted by atomic mass is 9.79. The van der Waals surface area contributed by atoms with Gasteiger partial charge in [0.2, 0.25) is 5.91 Å². The first-order valence-corrected chi connectivity index (χ1v) is 7.79. The molecule has 0 aliphatic heterocycles. The molecule has 2 aliphatic rings. The van der Waals surface area contributed by atoms with Crippen LogP contribution < -0.4 is 10.6 Å². The van der Waals surface area contributed by atoms with Gasteiger partial charge in [0, 0.05) is 25.1 Å². The third kappa shape index (κ3) is 4.46. The molecule has 0 aromatic carbocycles. The van der Waals surface area contributed by atoms with Crippen molar-refractivity contribution in [2.75, 3.05) is 13.7 Å². The van der Waals surface area contributed by atoms with Crippen LogP contribution in [0.5, 0.6) is 0 Å². The minimum Gasteiger partial charge on any atom is -0.378 e. The van der Waals surface area contributed by atoms with Crippen molar-refractivity contribution < 1.29 is 9.53 Å². The number of hydrogen-bond acceptors (Lipinski definition) is 3. The first kappa shape index (κ1) is 14.8. The molecule has 0 unspecified atom stereocenters. The molecule has 1 amide bonds. The summed E-state index contributed by atoms with van der Waals surface area (Å²) in [5.41, 5.74) is 0. The zero-order valence-electron chi connectivity index (χ0n) is 12.3. The molecule has 2 fully saturated rings. The van der Waals surface area contributed by atoms with E-state index in [2.05, 4.69) is 10.6 Å². The average Bonchev–Trinajstić information content (AvgIpc) is 2.37. The Hall–Kier alpha value is -0.610. The van der Waals surface area contributed by atoms with Gasteiger partial charge in [-0.05, 0) is 58.4 Å². The molecule has 0 spiro atoms. The highest BCUT2D eigenvalue weighted by molar-refractivity contribution is 5.76. The van der Waals surface area contributed by atoms with Gasteiger partial charge in [-0.3, -0.25) is 4.79 Å². The third-order valence-corrected chi connectivity index (χ3v) is 4.57. The van der Waals surface area contributed by atoms with Crippen molar-refractivity contribution in [1.82, 2.24) is 10.6 Å². The molecule has 0 aromatic rings. The fourth-order valence-electron chi connectivity index (χ4n) is 3.29. The first-order chi connectivity index (χ1) is 9.21. The van der Waals surface area contributed by atoms with Gasteiger partial charge >= 0.3 is 0 Å². The standard InChI is InChI=1S/C15H28N2O2/c1-3-19-14-8-11(9-14)10-15(18)17-13-6-4-12(16-2)5-7-13/h11-14,16H,3-10H2,1-2H3,(H,17,18). The minimum atomic E-state index is 0.243. The van der Waals surface area contributed by atoms with Crippen molar-refractivity contribution in [3.8, 4) is 0 Å². The van der Waals surface area contributed by atoms with E-state index in [4.69, 9.17) is 4.74 Å². The summed E-state index contributed by atoms with van der Waals surface area (Å²) in [4.78, 5) is 12.0. The smallest absolute Gasteiger partial charge is 0.220 e. The van der Waals surface area contributed by atoms with Crippen molar-refractivity contribution in [3.63, 3.8) is 0 Å². The topological polar surface area (TPSA) is 50.4 Å². The number of rotatable bonds is 6. The van der Waals surface area contributed by atoms with E-state index in [-0.39, 0.29) is 5.91 Å². The molecule has 0 aromatic heterocycles. The Labute approximate surface area is 116 Å². The van der Waals surface area contributed by atoms with Crippen LogP contribution in [0, 0.1) is 5.92 Å². The molecule has 110 valence electrons. The van der Waals surface area contributed by atoms with E-state index < -0.39 is 0 Å². The van der Waals surface area contributed by atoms with Crippen molar-refractivity contribution in [2.24, 2.45) is 5.92 Å². The van der Waals surface area contributed by atoms with E-state index in [0.29, 0.717) is 30.5 Å². The zero-order chi connectivity index (χ0) is 13.7. The molecule has 4 nitrogen and oxygen atoms in total. The fourth-order valence-corrected chi connectivity index (χ4v) is 3.29. The van der Waals surface area contributed by atoms with Crippen molar-refractivity contribution in [1.29, 1.82) is 0 Å². The van der Waals surface area contributed by atoms with Crippen LogP contribution in [-0.4, -0.2) is 37.7 Å². The molecule has 2 N–H and O–H groups in total. The Bertz CT molecular complexity index is 282. The van der Waals surface area contributed by atoms with Crippen LogP contribution in [-0.2, 0) is 9.53 Å². The third-order valence-electron chi connectivity index (χ3n) is 4.57. The van der Waals surface area contributed by atoms with E-state index in [1.54, 1.807) is 0 Å². The van der Waals surface area contributed by atoms with Crippen LogP contribution >= 0.6 is 0 Å². The number of ether oxygens (including phenoxy) is 1. The Morgan fingerprint density at radius 1 is 1.16 bits per heavy atom. The molecule has 0 saturated heterocycles. The van der Waals surface area contributed by atoms with E-state index >= 15 is 0 Å². The van der Waals surface area contributed by atoms with Crippen molar-refractivity contribution in [2.45, 2.75) is 70.1 Å². The summed E-state index contributed by atoms with van der Waals surface area (Å²) in [6.07, 6.45) is 7.81. The molecular weight excluding hydrogens is 240 g/mol. The SMILES string of the molecule is CCOC1CC(CC(=O)NC2CCC(NC)CC2)C1. The van der Waals surface area contributed by atoms with Crippen LogP contribution in [0.1, 0.15) is 51.9 Å². The number of nitrogens with one attached hydrogen (secondary N) is 2. The maximum Gasteiger partial charge on any atom is 0.220 e. The average molecular weight is 268 g/mol. The Kier molecular flexibility index (Phi) is 5.64. The number of carbonyl (C=O) groups excluding carboxylic acids is 1. The highest BCUT2D eigenvalue weighted by atomic mass is 16.5. The van der Waals surface area contributed by atoms with Crippen molar-refractivity contribution in [3.05, 3.63) is 0 Å². The largest absolute Gasteiger partial charge is 0.378 e. The predicted molar refractivity (Wildman–Crippen MR) is 76.0 cm³/mol. The van der Waals surface area contributed by atoms with Gasteiger partial charge in [0.25, 0.3) is 0 Å². The van der Waals surface area contributed by atoms with Crippen LogP contribution in [0.4, 0.5) is 0 Å². The molecule has 0 heterocycles. The van der Waals surface area contributed by atoms with Crippen molar-refractivity contribution >= 4 is 5.91 Å². The summed E-state index contributed by atoms with van der Waals surface area (Å²) in [5, 5.41) is 6.52. The summed E-state index contributed by atoms with van der Waals surface area (Å²) in [5.74, 6) is 0.790. The van der Waals surface area contributed by atoms with Crippen LogP contribution in [0.15, 0.2) is 0 Å². The van der Waals surface area contributed by atoms with E-state index in [1.807, 2.05) is 14.0 Å². The fraction of sp³-hybridized carbons (Fsp3) is 0.933. The van der Waals surface area contributed by atoms with Gasteiger partial charge in [0.1, 0.15) is 0 Å². The molecule has 2 rings (SSSR count). The summed E-state index contributed by atoms with van der Waals surface area (Å²) in [7, 11) is 2.02. The van der Waals surface area contributed by atoms with E-state index in [0.717, 1.165) is 32.3 Å². The van der Waals surface area contributed by atoms with Gasteiger partial charge in [0.15, 0.2) is 0 Å². The number of hydrogen-bond donors (Lipinski definition) is 2. The monoisotopic (exact) mass is 268 g/mol. The molecular formula is C15H28N2O2. The molecule has 0 atom stereocenters. The maximum absolute atomic E-state index is 12.0. The Morgan fingerprint density at radius 3 is 2.37 bits per heavy atom. The minimum absolute atomic E-state index is 0.243. The van der Waals surface area contributed by atoms with Crippen LogP contribution in [0.2, 0.25) is 0 Å². The van der Waals surface area contributed by atoms with Gasteiger partial charge in [-0.1, -0.05) is 0 Å². The molecule has 19 heavy (non-hydrogen) atoms. The lowest BCUT2D eigenvalue weighted by Gasteiger charge is -2.35.